The van der Waals surface area contributed by atoms with E-state index in [1.807, 2.05) is 36.4 Å². The van der Waals surface area contributed by atoms with Gasteiger partial charge in [-0.15, -0.1) is 0 Å². The quantitative estimate of drug-likeness (QED) is 0.458. The first-order chi connectivity index (χ1) is 16.0. The number of carbonyl (C=O) groups excluding carboxylic acids is 2. The molecule has 0 bridgehead atoms. The monoisotopic (exact) mass is 483 g/mol. The highest BCUT2D eigenvalue weighted by Crippen LogP contribution is 2.26. The Bertz CT molecular complexity index is 1120. The SMILES string of the molecule is O=C(COc1ccccc1)Nc1ccc(N2CCCN(Cc3ccc(Cl)c(Cl)c3)C2=O)cc1. The number of carbonyl (C=O) groups is 2. The summed E-state index contributed by atoms with van der Waals surface area (Å²) in [5.74, 6) is 0.380. The lowest BCUT2D eigenvalue weighted by Gasteiger charge is -2.35. The second-order valence-electron chi connectivity index (χ2n) is 7.65. The van der Waals surface area contributed by atoms with Crippen molar-refractivity contribution in [2.24, 2.45) is 0 Å². The van der Waals surface area contributed by atoms with Crippen LogP contribution in [0.25, 0.3) is 0 Å². The topological polar surface area (TPSA) is 61.9 Å². The Kier molecular flexibility index (Phi) is 7.37. The van der Waals surface area contributed by atoms with E-state index in [1.165, 1.54) is 0 Å². The Balaban J connectivity index is 1.34. The van der Waals surface area contributed by atoms with E-state index in [2.05, 4.69) is 5.32 Å². The molecule has 6 nitrogen and oxygen atoms in total. The smallest absolute Gasteiger partial charge is 0.324 e. The second kappa shape index (κ2) is 10.6. The number of hydrogen-bond donors (Lipinski definition) is 1. The fourth-order valence-corrected chi connectivity index (χ4v) is 3.93. The van der Waals surface area contributed by atoms with Gasteiger partial charge in [-0.2, -0.15) is 0 Å². The summed E-state index contributed by atoms with van der Waals surface area (Å²) in [5, 5.41) is 3.77. The van der Waals surface area contributed by atoms with Gasteiger partial charge in [0.1, 0.15) is 5.75 Å². The molecule has 1 N–H and O–H groups in total. The second-order valence-corrected chi connectivity index (χ2v) is 8.47. The summed E-state index contributed by atoms with van der Waals surface area (Å²) in [6.07, 6.45) is 0.850. The van der Waals surface area contributed by atoms with Crippen LogP contribution in [0.1, 0.15) is 12.0 Å². The van der Waals surface area contributed by atoms with Crippen LogP contribution >= 0.6 is 23.2 Å². The van der Waals surface area contributed by atoms with Crippen molar-refractivity contribution < 1.29 is 14.3 Å². The van der Waals surface area contributed by atoms with Gasteiger partial charge >= 0.3 is 6.03 Å². The molecule has 3 aromatic rings. The molecule has 0 aliphatic carbocycles. The number of ether oxygens (including phenoxy) is 1. The van der Waals surface area contributed by atoms with E-state index in [1.54, 1.807) is 46.2 Å². The van der Waals surface area contributed by atoms with Gasteiger partial charge in [0.25, 0.3) is 5.91 Å². The Morgan fingerprint density at radius 3 is 2.42 bits per heavy atom. The summed E-state index contributed by atoms with van der Waals surface area (Å²) in [7, 11) is 0. The Labute approximate surface area is 202 Å². The summed E-state index contributed by atoms with van der Waals surface area (Å²) >= 11 is 12.1. The molecule has 0 unspecified atom stereocenters. The molecule has 3 amide bonds. The van der Waals surface area contributed by atoms with Crippen molar-refractivity contribution in [2.45, 2.75) is 13.0 Å². The molecule has 0 atom stereocenters. The zero-order chi connectivity index (χ0) is 23.2. The molecule has 0 aromatic heterocycles. The van der Waals surface area contributed by atoms with Crippen molar-refractivity contribution in [3.63, 3.8) is 0 Å². The molecule has 0 saturated carbocycles. The molecule has 1 fully saturated rings. The van der Waals surface area contributed by atoms with Crippen molar-refractivity contribution in [1.29, 1.82) is 0 Å². The normalized spacial score (nSPS) is 13.7. The zero-order valence-corrected chi connectivity index (χ0v) is 19.4. The van der Waals surface area contributed by atoms with E-state index in [4.69, 9.17) is 27.9 Å². The molecule has 33 heavy (non-hydrogen) atoms. The predicted octanol–water partition coefficient (Wildman–Crippen LogP) is 5.84. The van der Waals surface area contributed by atoms with Crippen molar-refractivity contribution in [3.05, 3.63) is 88.4 Å². The van der Waals surface area contributed by atoms with Gasteiger partial charge in [-0.25, -0.2) is 4.79 Å². The molecule has 3 aromatic carbocycles. The first-order valence-electron chi connectivity index (χ1n) is 10.6. The van der Waals surface area contributed by atoms with Crippen LogP contribution in [-0.4, -0.2) is 36.5 Å². The number of halogens is 2. The molecular weight excluding hydrogens is 461 g/mol. The molecular formula is C25H23Cl2N3O3. The number of anilines is 2. The zero-order valence-electron chi connectivity index (χ0n) is 17.8. The minimum atomic E-state index is -0.256. The fourth-order valence-electron chi connectivity index (χ4n) is 3.61. The Hall–Kier alpha value is -3.22. The van der Waals surface area contributed by atoms with Gasteiger partial charge in [0.05, 0.1) is 10.0 Å². The molecule has 4 rings (SSSR count). The molecule has 0 spiro atoms. The van der Waals surface area contributed by atoms with E-state index in [0.29, 0.717) is 41.1 Å². The van der Waals surface area contributed by atoms with E-state index >= 15 is 0 Å². The van der Waals surface area contributed by atoms with Crippen LogP contribution in [0.5, 0.6) is 5.75 Å². The van der Waals surface area contributed by atoms with Gasteiger partial charge in [0.15, 0.2) is 6.61 Å². The maximum atomic E-state index is 13.1. The predicted molar refractivity (Wildman–Crippen MR) is 131 cm³/mol. The summed E-state index contributed by atoms with van der Waals surface area (Å²) in [6, 6.07) is 21.7. The van der Waals surface area contributed by atoms with Gasteiger partial charge in [-0.05, 0) is 60.5 Å². The lowest BCUT2D eigenvalue weighted by Crippen LogP contribution is -2.49. The lowest BCUT2D eigenvalue weighted by atomic mass is 10.1. The highest BCUT2D eigenvalue weighted by molar-refractivity contribution is 6.42. The minimum absolute atomic E-state index is 0.0691. The lowest BCUT2D eigenvalue weighted by molar-refractivity contribution is -0.118. The Morgan fingerprint density at radius 1 is 0.939 bits per heavy atom. The van der Waals surface area contributed by atoms with Gasteiger partial charge in [-0.1, -0.05) is 47.5 Å². The van der Waals surface area contributed by atoms with Crippen LogP contribution in [-0.2, 0) is 11.3 Å². The van der Waals surface area contributed by atoms with Crippen LogP contribution in [0.15, 0.2) is 72.8 Å². The third-order valence-corrected chi connectivity index (χ3v) is 5.98. The maximum absolute atomic E-state index is 13.1. The molecule has 8 heteroatoms. The Morgan fingerprint density at radius 2 is 1.70 bits per heavy atom. The third-order valence-electron chi connectivity index (χ3n) is 5.24. The van der Waals surface area contributed by atoms with Crippen molar-refractivity contribution >= 4 is 46.5 Å². The number of rotatable bonds is 7. The molecule has 170 valence electrons. The first kappa shape index (κ1) is 23.0. The van der Waals surface area contributed by atoms with Crippen molar-refractivity contribution in [3.8, 4) is 5.75 Å². The summed E-state index contributed by atoms with van der Waals surface area (Å²) in [6.45, 7) is 1.68. The van der Waals surface area contributed by atoms with Crippen molar-refractivity contribution in [1.82, 2.24) is 4.90 Å². The standard InChI is InChI=1S/C25H23Cl2N3O3/c26-22-12-7-18(15-23(22)27)16-29-13-4-14-30(25(29)32)20-10-8-19(9-11-20)28-24(31)17-33-21-5-2-1-3-6-21/h1-3,5-12,15H,4,13-14,16-17H2,(H,28,31). The molecule has 0 radical (unpaired) electrons. The van der Waals surface area contributed by atoms with Crippen LogP contribution in [0, 0.1) is 0 Å². The van der Waals surface area contributed by atoms with E-state index in [0.717, 1.165) is 17.7 Å². The summed E-state index contributed by atoms with van der Waals surface area (Å²) in [5.41, 5.74) is 2.34. The van der Waals surface area contributed by atoms with Gasteiger partial charge in [0, 0.05) is 31.0 Å². The molecule has 1 heterocycles. The highest BCUT2D eigenvalue weighted by atomic mass is 35.5. The van der Waals surface area contributed by atoms with Gasteiger partial charge < -0.3 is 15.0 Å². The molecule has 1 saturated heterocycles. The third kappa shape index (κ3) is 5.97. The van der Waals surface area contributed by atoms with Crippen LogP contribution < -0.4 is 15.0 Å². The fraction of sp³-hybridized carbons (Fsp3) is 0.200. The molecule has 1 aliphatic heterocycles. The number of nitrogens with zero attached hydrogens (tertiary/aromatic N) is 2. The number of nitrogens with one attached hydrogen (secondary N) is 1. The summed E-state index contributed by atoms with van der Waals surface area (Å²) < 4.78 is 5.46. The van der Waals surface area contributed by atoms with E-state index in [-0.39, 0.29) is 18.5 Å². The largest absolute Gasteiger partial charge is 0.484 e. The van der Waals surface area contributed by atoms with Crippen LogP contribution in [0.2, 0.25) is 10.0 Å². The van der Waals surface area contributed by atoms with Crippen LogP contribution in [0.4, 0.5) is 16.2 Å². The highest BCUT2D eigenvalue weighted by Gasteiger charge is 2.27. The van der Waals surface area contributed by atoms with E-state index in [9.17, 15) is 9.59 Å². The first-order valence-corrected chi connectivity index (χ1v) is 11.3. The van der Waals surface area contributed by atoms with Crippen LogP contribution in [0.3, 0.4) is 0 Å². The average Bonchev–Trinajstić information content (AvgIpc) is 2.83. The van der Waals surface area contributed by atoms with Crippen molar-refractivity contribution in [2.75, 3.05) is 29.9 Å². The number of amides is 3. The number of hydrogen-bond acceptors (Lipinski definition) is 3. The van der Waals surface area contributed by atoms with Gasteiger partial charge in [-0.3, -0.25) is 9.69 Å². The van der Waals surface area contributed by atoms with Gasteiger partial charge in [0.2, 0.25) is 0 Å². The molecule has 1 aliphatic rings. The number of benzene rings is 3. The number of urea groups is 1. The minimum Gasteiger partial charge on any atom is -0.484 e. The van der Waals surface area contributed by atoms with E-state index < -0.39 is 0 Å². The maximum Gasteiger partial charge on any atom is 0.324 e. The summed E-state index contributed by atoms with van der Waals surface area (Å²) in [4.78, 5) is 28.8. The number of para-hydroxylation sites is 1. The average molecular weight is 484 g/mol.